The van der Waals surface area contributed by atoms with Gasteiger partial charge >= 0.3 is 5.97 Å². The average Bonchev–Trinajstić information content (AvgIpc) is 2.80. The number of pyridine rings is 1. The van der Waals surface area contributed by atoms with Gasteiger partial charge < -0.3 is 10.5 Å². The molecule has 2 aromatic carbocycles. The number of esters is 1. The fourth-order valence-corrected chi connectivity index (χ4v) is 5.73. The van der Waals surface area contributed by atoms with Crippen molar-refractivity contribution in [1.82, 2.24) is 8.87 Å². The van der Waals surface area contributed by atoms with Crippen LogP contribution in [0.15, 0.2) is 64.4 Å². The zero-order valence-corrected chi connectivity index (χ0v) is 18.5. The Bertz CT molecular complexity index is 1310. The van der Waals surface area contributed by atoms with Gasteiger partial charge in [-0.25, -0.2) is 13.2 Å². The number of aromatic nitrogens is 1. The summed E-state index contributed by atoms with van der Waals surface area (Å²) in [4.78, 5) is 25.4. The molecule has 1 aliphatic rings. The number of hydrogen-bond donors (Lipinski definition) is 1. The van der Waals surface area contributed by atoms with Crippen LogP contribution in [0.2, 0.25) is 0 Å². The Morgan fingerprint density at radius 1 is 1.09 bits per heavy atom. The summed E-state index contributed by atoms with van der Waals surface area (Å²) in [6, 6.07) is 13.2. The second kappa shape index (κ2) is 8.85. The first-order chi connectivity index (χ1) is 15.3. The molecular weight excluding hydrogens is 430 g/mol. The van der Waals surface area contributed by atoms with Gasteiger partial charge in [-0.3, -0.25) is 9.36 Å². The van der Waals surface area contributed by atoms with Crippen molar-refractivity contribution in [2.75, 3.05) is 13.1 Å². The number of sulfonamides is 1. The molecule has 0 spiro atoms. The lowest BCUT2D eigenvalue weighted by molar-refractivity contribution is 0.0366. The van der Waals surface area contributed by atoms with Crippen LogP contribution in [0.4, 0.5) is 0 Å². The van der Waals surface area contributed by atoms with E-state index in [-0.39, 0.29) is 23.1 Å². The zero-order valence-electron chi connectivity index (χ0n) is 17.7. The van der Waals surface area contributed by atoms with Crippen molar-refractivity contribution < 1.29 is 17.9 Å². The number of piperidine rings is 1. The lowest BCUT2D eigenvalue weighted by Crippen LogP contribution is -2.42. The van der Waals surface area contributed by atoms with Crippen molar-refractivity contribution in [3.63, 3.8) is 0 Å². The number of hydrogen-bond acceptors (Lipinski definition) is 6. The highest BCUT2D eigenvalue weighted by atomic mass is 32.2. The molecule has 1 fully saturated rings. The number of aryl methyl sites for hydroxylation is 1. The summed E-state index contributed by atoms with van der Waals surface area (Å²) >= 11 is 0. The summed E-state index contributed by atoms with van der Waals surface area (Å²) in [7, 11) is -3.78. The molecule has 0 atom stereocenters. The molecule has 9 heteroatoms. The summed E-state index contributed by atoms with van der Waals surface area (Å²) in [5.41, 5.74) is 6.47. The van der Waals surface area contributed by atoms with Crippen LogP contribution in [0, 0.1) is 6.92 Å². The standard InChI is InChI=1S/C23H25N3O5S/c1-16-14-25(15-31-23(28)17-6-3-2-4-7-17)22(27)19-8-5-9-20(21(16)19)32(29,30)26-12-10-18(24)11-13-26/h2-9,14,18H,10-13,15,24H2,1H3. The Morgan fingerprint density at radius 3 is 2.47 bits per heavy atom. The average molecular weight is 456 g/mol. The van der Waals surface area contributed by atoms with Crippen LogP contribution >= 0.6 is 0 Å². The van der Waals surface area contributed by atoms with Gasteiger partial charge in [0.25, 0.3) is 5.56 Å². The number of nitrogens with zero attached hydrogens (tertiary/aromatic N) is 2. The van der Waals surface area contributed by atoms with Crippen LogP contribution in [-0.4, -0.2) is 42.4 Å². The van der Waals surface area contributed by atoms with Crippen LogP contribution in [0.25, 0.3) is 10.8 Å². The first kappa shape index (κ1) is 22.2. The molecule has 3 aromatic rings. The van der Waals surface area contributed by atoms with E-state index in [1.165, 1.54) is 21.1 Å². The number of carbonyl (C=O) groups excluding carboxylic acids is 1. The highest BCUT2D eigenvalue weighted by Gasteiger charge is 2.30. The summed E-state index contributed by atoms with van der Waals surface area (Å²) in [5, 5.41) is 0.647. The molecular formula is C23H25N3O5S. The Kier molecular flexibility index (Phi) is 6.14. The summed E-state index contributed by atoms with van der Waals surface area (Å²) < 4.78 is 34.7. The van der Waals surface area contributed by atoms with E-state index in [1.807, 2.05) is 0 Å². The molecule has 0 bridgehead atoms. The van der Waals surface area contributed by atoms with Crippen LogP contribution < -0.4 is 11.3 Å². The topological polar surface area (TPSA) is 112 Å². The first-order valence-corrected chi connectivity index (χ1v) is 11.8. The van der Waals surface area contributed by atoms with Crippen LogP contribution in [-0.2, 0) is 21.5 Å². The normalized spacial score (nSPS) is 15.7. The van der Waals surface area contributed by atoms with E-state index in [9.17, 15) is 18.0 Å². The van der Waals surface area contributed by atoms with Gasteiger partial charge in [-0.05, 0) is 49.6 Å². The largest absolute Gasteiger partial charge is 0.440 e. The van der Waals surface area contributed by atoms with Crippen molar-refractivity contribution >= 4 is 26.8 Å². The lowest BCUT2D eigenvalue weighted by Gasteiger charge is -2.29. The minimum absolute atomic E-state index is 0.00139. The van der Waals surface area contributed by atoms with Crippen LogP contribution in [0.5, 0.6) is 0 Å². The second-order valence-electron chi connectivity index (χ2n) is 7.93. The van der Waals surface area contributed by atoms with E-state index in [0.717, 1.165) is 0 Å². The van der Waals surface area contributed by atoms with Crippen molar-refractivity contribution in [2.45, 2.75) is 37.4 Å². The zero-order chi connectivity index (χ0) is 22.9. The number of rotatable bonds is 5. The molecule has 8 nitrogen and oxygen atoms in total. The minimum Gasteiger partial charge on any atom is -0.440 e. The predicted octanol–water partition coefficient (Wildman–Crippen LogP) is 2.24. The molecule has 4 rings (SSSR count). The molecule has 0 aliphatic carbocycles. The number of carbonyl (C=O) groups is 1. The van der Waals surface area contributed by atoms with Gasteiger partial charge in [0.1, 0.15) is 0 Å². The molecule has 0 unspecified atom stereocenters. The predicted molar refractivity (Wildman–Crippen MR) is 121 cm³/mol. The number of nitrogens with two attached hydrogens (primary N) is 1. The van der Waals surface area contributed by atoms with Gasteiger partial charge in [-0.1, -0.05) is 24.3 Å². The molecule has 1 aromatic heterocycles. The fourth-order valence-electron chi connectivity index (χ4n) is 3.98. The van der Waals surface area contributed by atoms with Gasteiger partial charge in [0, 0.05) is 36.1 Å². The second-order valence-corrected chi connectivity index (χ2v) is 9.84. The molecule has 2 heterocycles. The van der Waals surface area contributed by atoms with Crippen LogP contribution in [0.3, 0.4) is 0 Å². The van der Waals surface area contributed by atoms with Crippen molar-refractivity contribution in [3.8, 4) is 0 Å². The highest BCUT2D eigenvalue weighted by molar-refractivity contribution is 7.89. The maximum Gasteiger partial charge on any atom is 0.339 e. The van der Waals surface area contributed by atoms with E-state index in [1.54, 1.807) is 49.4 Å². The maximum absolute atomic E-state index is 13.3. The molecule has 1 saturated heterocycles. The molecule has 168 valence electrons. The molecule has 2 N–H and O–H groups in total. The third-order valence-corrected chi connectivity index (χ3v) is 7.66. The smallest absolute Gasteiger partial charge is 0.339 e. The minimum atomic E-state index is -3.78. The summed E-state index contributed by atoms with van der Waals surface area (Å²) in [6.45, 7) is 2.17. The van der Waals surface area contributed by atoms with Gasteiger partial charge in [0.15, 0.2) is 6.73 Å². The Morgan fingerprint density at radius 2 is 1.78 bits per heavy atom. The number of ether oxygens (including phenoxy) is 1. The molecule has 1 aliphatic heterocycles. The SMILES string of the molecule is Cc1cn(COC(=O)c2ccccc2)c(=O)c2cccc(S(=O)(=O)N3CCC(N)CC3)c12. The summed E-state index contributed by atoms with van der Waals surface area (Å²) in [6.07, 6.45) is 2.72. The van der Waals surface area contributed by atoms with Gasteiger partial charge in [0.05, 0.1) is 10.5 Å². The Hall–Kier alpha value is -3.01. The van der Waals surface area contributed by atoms with E-state index < -0.39 is 21.6 Å². The third kappa shape index (κ3) is 4.19. The number of fused-ring (bicyclic) bond motifs is 1. The van der Waals surface area contributed by atoms with Crippen molar-refractivity contribution in [3.05, 3.63) is 76.2 Å². The van der Waals surface area contributed by atoms with E-state index in [2.05, 4.69) is 0 Å². The van der Waals surface area contributed by atoms with Crippen molar-refractivity contribution in [1.29, 1.82) is 0 Å². The van der Waals surface area contributed by atoms with E-state index in [0.29, 0.717) is 42.4 Å². The monoisotopic (exact) mass is 455 g/mol. The Labute approximate surface area is 186 Å². The summed E-state index contributed by atoms with van der Waals surface area (Å²) in [5.74, 6) is -0.546. The highest BCUT2D eigenvalue weighted by Crippen LogP contribution is 2.28. The third-order valence-electron chi connectivity index (χ3n) is 5.72. The Balaban J connectivity index is 1.68. The quantitative estimate of drug-likeness (QED) is 0.591. The fraction of sp³-hybridized carbons (Fsp3) is 0.304. The van der Waals surface area contributed by atoms with E-state index >= 15 is 0 Å². The van der Waals surface area contributed by atoms with E-state index in [4.69, 9.17) is 10.5 Å². The van der Waals surface area contributed by atoms with Gasteiger partial charge in [-0.15, -0.1) is 0 Å². The number of benzene rings is 2. The molecule has 0 amide bonds. The van der Waals surface area contributed by atoms with Gasteiger partial charge in [-0.2, -0.15) is 4.31 Å². The first-order valence-electron chi connectivity index (χ1n) is 10.4. The van der Waals surface area contributed by atoms with Crippen LogP contribution in [0.1, 0.15) is 28.8 Å². The molecule has 0 saturated carbocycles. The van der Waals surface area contributed by atoms with Crippen molar-refractivity contribution in [2.24, 2.45) is 5.73 Å². The molecule has 32 heavy (non-hydrogen) atoms. The lowest BCUT2D eigenvalue weighted by atomic mass is 10.1. The van der Waals surface area contributed by atoms with Gasteiger partial charge in [0.2, 0.25) is 10.0 Å². The molecule has 0 radical (unpaired) electrons. The maximum atomic E-state index is 13.3.